The summed E-state index contributed by atoms with van der Waals surface area (Å²) in [5.74, 6) is -0.208. The number of anilines is 1. The highest BCUT2D eigenvalue weighted by Gasteiger charge is 2.69. The molecule has 4 heterocycles. The largest absolute Gasteiger partial charge is 0.324 e. The zero-order valence-electron chi connectivity index (χ0n) is 22.2. The number of hydrogen-bond acceptors (Lipinski definition) is 6. The molecule has 0 unspecified atom stereocenters. The lowest BCUT2D eigenvalue weighted by molar-refractivity contribution is -0.113. The molecule has 1 N–H and O–H groups in total. The van der Waals surface area contributed by atoms with Crippen LogP contribution in [0.4, 0.5) is 10.5 Å². The van der Waals surface area contributed by atoms with E-state index in [1.807, 2.05) is 91.9 Å². The molecule has 0 spiro atoms. The molecule has 7 rings (SSSR count). The van der Waals surface area contributed by atoms with E-state index in [0.717, 1.165) is 33.7 Å². The Balaban J connectivity index is 1.61. The van der Waals surface area contributed by atoms with E-state index in [-0.39, 0.29) is 17.5 Å². The summed E-state index contributed by atoms with van der Waals surface area (Å²) < 4.78 is 1.71. The molecule has 1 saturated heterocycles. The maximum absolute atomic E-state index is 14.2. The molecular formula is C30H26N6O3S. The first-order valence-corrected chi connectivity index (χ1v) is 13.9. The third-order valence-corrected chi connectivity index (χ3v) is 9.25. The first kappa shape index (κ1) is 24.3. The Kier molecular flexibility index (Phi) is 5.11. The molecule has 0 bridgehead atoms. The average Bonchev–Trinajstić information content (AvgIpc) is 3.52. The number of nitrogens with one attached hydrogen (secondary N) is 1. The van der Waals surface area contributed by atoms with Gasteiger partial charge in [0.2, 0.25) is 16.1 Å². The van der Waals surface area contributed by atoms with Crippen molar-refractivity contribution in [2.24, 2.45) is 4.99 Å². The second kappa shape index (κ2) is 8.40. The number of hydrogen-bond donors (Lipinski definition) is 1. The number of carbonyl (C=O) groups excluding carboxylic acids is 2. The third-order valence-electron chi connectivity index (χ3n) is 8.21. The number of benzene rings is 3. The predicted molar refractivity (Wildman–Crippen MR) is 153 cm³/mol. The Morgan fingerprint density at radius 2 is 1.45 bits per heavy atom. The van der Waals surface area contributed by atoms with Crippen molar-refractivity contribution in [2.45, 2.75) is 18.2 Å². The molecule has 1 aromatic heterocycles. The molecule has 10 heteroatoms. The second-order valence-corrected chi connectivity index (χ2v) is 11.0. The first-order valence-electron chi connectivity index (χ1n) is 13.0. The van der Waals surface area contributed by atoms with Crippen molar-refractivity contribution in [3.8, 4) is 0 Å². The fraction of sp³-hybridized carbons (Fsp3) is 0.200. The zero-order chi connectivity index (χ0) is 27.8. The number of amides is 3. The summed E-state index contributed by atoms with van der Waals surface area (Å²) in [7, 11) is 3.45. The van der Waals surface area contributed by atoms with Gasteiger partial charge in [0, 0.05) is 37.3 Å². The summed E-state index contributed by atoms with van der Waals surface area (Å²) in [6.45, 7) is 2.40. The van der Waals surface area contributed by atoms with Gasteiger partial charge >= 0.3 is 6.03 Å². The van der Waals surface area contributed by atoms with E-state index >= 15 is 0 Å². The van der Waals surface area contributed by atoms with Crippen molar-refractivity contribution in [3.05, 3.63) is 121 Å². The monoisotopic (exact) mass is 550 g/mol. The molecule has 9 nitrogen and oxygen atoms in total. The summed E-state index contributed by atoms with van der Waals surface area (Å²) >= 11 is 1.16. The molecule has 0 aliphatic carbocycles. The Morgan fingerprint density at radius 3 is 2.12 bits per heavy atom. The van der Waals surface area contributed by atoms with Gasteiger partial charge in [0.15, 0.2) is 0 Å². The minimum atomic E-state index is -1.27. The Bertz CT molecular complexity index is 1890. The van der Waals surface area contributed by atoms with Gasteiger partial charge in [0.25, 0.3) is 11.5 Å². The molecule has 1 fully saturated rings. The highest BCUT2D eigenvalue weighted by Crippen LogP contribution is 2.53. The SMILES string of the molecule is CCN1C(=O)/C(=c2\sc3n(c2=O)N[C@@]2(c4ccccc4)N(C)C(=O)N(C)[C@@]2(c2ccccc2)N=3)c2ccccc21. The van der Waals surface area contributed by atoms with Crippen molar-refractivity contribution in [1.29, 1.82) is 0 Å². The third kappa shape index (κ3) is 2.80. The second-order valence-electron chi connectivity index (χ2n) is 10.0. The fourth-order valence-corrected chi connectivity index (χ4v) is 7.44. The van der Waals surface area contributed by atoms with Gasteiger partial charge in [0.05, 0.1) is 11.3 Å². The van der Waals surface area contributed by atoms with Crippen LogP contribution in [-0.4, -0.2) is 47.1 Å². The van der Waals surface area contributed by atoms with E-state index in [9.17, 15) is 14.4 Å². The van der Waals surface area contributed by atoms with Crippen LogP contribution in [0.1, 0.15) is 23.6 Å². The van der Waals surface area contributed by atoms with Crippen molar-refractivity contribution in [3.63, 3.8) is 0 Å². The summed E-state index contributed by atoms with van der Waals surface area (Å²) in [5, 5.41) is 0. The molecule has 3 aliphatic heterocycles. The zero-order valence-corrected chi connectivity index (χ0v) is 23.0. The molecule has 2 atom stereocenters. The Hall–Kier alpha value is -4.70. The lowest BCUT2D eigenvalue weighted by Crippen LogP contribution is -2.67. The minimum absolute atomic E-state index is 0.208. The first-order chi connectivity index (χ1) is 19.4. The molecule has 3 aromatic carbocycles. The normalized spacial score (nSPS) is 24.4. The van der Waals surface area contributed by atoms with Crippen molar-refractivity contribution in [2.75, 3.05) is 31.0 Å². The van der Waals surface area contributed by atoms with E-state index in [0.29, 0.717) is 21.5 Å². The number of thiazole rings is 1. The highest BCUT2D eigenvalue weighted by molar-refractivity contribution is 7.07. The van der Waals surface area contributed by atoms with Crippen LogP contribution in [0.15, 0.2) is 94.7 Å². The quantitative estimate of drug-likeness (QED) is 0.424. The summed E-state index contributed by atoms with van der Waals surface area (Å²) in [6, 6.07) is 26.5. The van der Waals surface area contributed by atoms with Gasteiger partial charge in [-0.3, -0.25) is 24.8 Å². The van der Waals surface area contributed by atoms with Crippen LogP contribution in [0.5, 0.6) is 0 Å². The molecule has 3 amide bonds. The van der Waals surface area contributed by atoms with Gasteiger partial charge < -0.3 is 4.90 Å². The predicted octanol–water partition coefficient (Wildman–Crippen LogP) is 2.36. The number of para-hydroxylation sites is 1. The van der Waals surface area contributed by atoms with Crippen LogP contribution >= 0.6 is 11.3 Å². The number of urea groups is 1. The van der Waals surface area contributed by atoms with Crippen LogP contribution in [0.2, 0.25) is 0 Å². The Labute approximate surface area is 233 Å². The maximum Gasteiger partial charge on any atom is 0.324 e. The number of likely N-dealkylation sites (N-methyl/N-ethyl adjacent to an activating group) is 3. The molecule has 4 aromatic rings. The van der Waals surface area contributed by atoms with E-state index < -0.39 is 11.3 Å². The summed E-state index contributed by atoms with van der Waals surface area (Å²) in [4.78, 5) is 52.0. The lowest BCUT2D eigenvalue weighted by atomic mass is 9.80. The highest BCUT2D eigenvalue weighted by atomic mass is 32.1. The van der Waals surface area contributed by atoms with Crippen LogP contribution in [0.25, 0.3) is 5.57 Å². The van der Waals surface area contributed by atoms with Crippen molar-refractivity contribution in [1.82, 2.24) is 14.5 Å². The summed E-state index contributed by atoms with van der Waals surface area (Å²) in [5.41, 5.74) is 3.99. The van der Waals surface area contributed by atoms with E-state index in [1.165, 1.54) is 4.68 Å². The van der Waals surface area contributed by atoms with Crippen LogP contribution in [0.3, 0.4) is 0 Å². The number of carbonyl (C=O) groups is 2. The van der Waals surface area contributed by atoms with Crippen LogP contribution < -0.4 is 25.2 Å². The topological polar surface area (TPSA) is 90.2 Å². The standard InChI is InChI=1S/C30H26N6O3S/c1-4-35-22-18-12-11-17-21(22)23(25(35)37)24-26(38)36-27(40-24)31-29(19-13-7-5-8-14-19)30(32-36,20-15-9-6-10-16-20)34(3)28(39)33(29)2/h5-18,32H,4H2,1-3H3/b24-23-/t29-,30+/m1/s1. The van der Waals surface area contributed by atoms with Crippen LogP contribution in [-0.2, 0) is 16.1 Å². The molecule has 3 aliphatic rings. The number of fused-ring (bicyclic) bond motifs is 3. The van der Waals surface area contributed by atoms with Gasteiger partial charge in [-0.25, -0.2) is 9.79 Å². The van der Waals surface area contributed by atoms with Crippen LogP contribution in [0, 0.1) is 0 Å². The molecular weight excluding hydrogens is 524 g/mol. The number of rotatable bonds is 3. The minimum Gasteiger partial charge on any atom is -0.308 e. The number of aromatic nitrogens is 1. The van der Waals surface area contributed by atoms with Gasteiger partial charge in [0.1, 0.15) is 4.53 Å². The van der Waals surface area contributed by atoms with Crippen molar-refractivity contribution < 1.29 is 9.59 Å². The lowest BCUT2D eigenvalue weighted by Gasteiger charge is -2.49. The summed E-state index contributed by atoms with van der Waals surface area (Å²) in [6.07, 6.45) is 0. The maximum atomic E-state index is 14.2. The van der Waals surface area contributed by atoms with Gasteiger partial charge in [-0.2, -0.15) is 4.68 Å². The van der Waals surface area contributed by atoms with Gasteiger partial charge in [-0.1, -0.05) is 90.2 Å². The Morgan fingerprint density at radius 1 is 0.825 bits per heavy atom. The average molecular weight is 551 g/mol. The number of nitrogens with zero attached hydrogens (tertiary/aromatic N) is 5. The molecule has 0 saturated carbocycles. The van der Waals surface area contributed by atoms with Gasteiger partial charge in [-0.05, 0) is 13.0 Å². The van der Waals surface area contributed by atoms with E-state index in [1.54, 1.807) is 28.8 Å². The smallest absolute Gasteiger partial charge is 0.308 e. The van der Waals surface area contributed by atoms with E-state index in [4.69, 9.17) is 4.99 Å². The van der Waals surface area contributed by atoms with E-state index in [2.05, 4.69) is 5.43 Å². The molecule has 0 radical (unpaired) electrons. The molecule has 200 valence electrons. The van der Waals surface area contributed by atoms with Crippen molar-refractivity contribution >= 4 is 34.5 Å². The van der Waals surface area contributed by atoms with Gasteiger partial charge in [-0.15, -0.1) is 0 Å². The fourth-order valence-electron chi connectivity index (χ4n) is 6.38. The molecule has 40 heavy (non-hydrogen) atoms.